The van der Waals surface area contributed by atoms with E-state index in [4.69, 9.17) is 5.14 Å². The number of primary sulfonamides is 1. The van der Waals surface area contributed by atoms with E-state index in [2.05, 4.69) is 4.72 Å². The van der Waals surface area contributed by atoms with Gasteiger partial charge in [0.15, 0.2) is 0 Å². The molecule has 0 spiro atoms. The van der Waals surface area contributed by atoms with E-state index in [1.54, 1.807) is 30.3 Å². The van der Waals surface area contributed by atoms with Crippen LogP contribution < -0.4 is 9.86 Å². The normalized spacial score (nSPS) is 12.5. The van der Waals surface area contributed by atoms with Gasteiger partial charge in [0, 0.05) is 6.54 Å². The fraction of sp³-hybridized carbons (Fsp3) is 0.100. The first-order valence-corrected chi connectivity index (χ1v) is 13.5. The molecule has 11 heteroatoms. The predicted molar refractivity (Wildman–Crippen MR) is 115 cm³/mol. The van der Waals surface area contributed by atoms with Crippen LogP contribution in [0.4, 0.5) is 0 Å². The van der Waals surface area contributed by atoms with Crippen LogP contribution in [0.1, 0.15) is 5.56 Å². The molecule has 0 aliphatic heterocycles. The summed E-state index contributed by atoms with van der Waals surface area (Å²) < 4.78 is 75.7. The standard InChI is InChI=1S/C20H20N2O6S3/c21-30(25,26)18-11-9-16(10-12-18)13-14-22-31(27,28)20-8-4-7-19(15-20)29(23,24)17-5-2-1-3-6-17/h1-12,15,22H,13-14H2,(H2,21,25,26). The Morgan fingerprint density at radius 1 is 0.645 bits per heavy atom. The molecular weight excluding hydrogens is 460 g/mol. The summed E-state index contributed by atoms with van der Waals surface area (Å²) >= 11 is 0. The molecule has 3 aromatic carbocycles. The van der Waals surface area contributed by atoms with E-state index in [9.17, 15) is 25.3 Å². The molecule has 3 N–H and O–H groups in total. The molecule has 0 saturated carbocycles. The second-order valence-electron chi connectivity index (χ2n) is 6.63. The maximum absolute atomic E-state index is 12.7. The van der Waals surface area contributed by atoms with Crippen LogP contribution in [-0.4, -0.2) is 31.8 Å². The molecule has 3 aromatic rings. The SMILES string of the molecule is NS(=O)(=O)c1ccc(CCNS(=O)(=O)c2cccc(S(=O)(=O)c3ccccc3)c2)cc1. The minimum absolute atomic E-state index is 0.0340. The van der Waals surface area contributed by atoms with Gasteiger partial charge < -0.3 is 0 Å². The molecule has 0 unspecified atom stereocenters. The van der Waals surface area contributed by atoms with Gasteiger partial charge in [-0.05, 0) is 54.4 Å². The molecule has 0 atom stereocenters. The van der Waals surface area contributed by atoms with Crippen LogP contribution in [0.2, 0.25) is 0 Å². The van der Waals surface area contributed by atoms with E-state index in [0.29, 0.717) is 12.0 Å². The van der Waals surface area contributed by atoms with Crippen molar-refractivity contribution in [2.75, 3.05) is 6.54 Å². The molecule has 3 rings (SSSR count). The molecule has 0 aliphatic rings. The first-order chi connectivity index (χ1) is 14.5. The van der Waals surface area contributed by atoms with E-state index >= 15 is 0 Å². The number of sulfone groups is 1. The van der Waals surface area contributed by atoms with Crippen molar-refractivity contribution >= 4 is 29.9 Å². The van der Waals surface area contributed by atoms with Gasteiger partial charge in [0.1, 0.15) is 0 Å². The zero-order chi connectivity index (χ0) is 22.7. The van der Waals surface area contributed by atoms with Crippen molar-refractivity contribution in [1.82, 2.24) is 4.72 Å². The van der Waals surface area contributed by atoms with Crippen LogP contribution in [-0.2, 0) is 36.3 Å². The topological polar surface area (TPSA) is 140 Å². The van der Waals surface area contributed by atoms with Crippen molar-refractivity contribution in [2.45, 2.75) is 26.0 Å². The summed E-state index contributed by atoms with van der Waals surface area (Å²) in [6.07, 6.45) is 0.298. The molecule has 31 heavy (non-hydrogen) atoms. The summed E-state index contributed by atoms with van der Waals surface area (Å²) in [5, 5.41) is 5.05. The number of rotatable bonds is 8. The average molecular weight is 481 g/mol. The second-order valence-corrected chi connectivity index (χ2v) is 11.9. The van der Waals surface area contributed by atoms with E-state index in [-0.39, 0.29) is 26.1 Å². The number of sulfonamides is 2. The molecule has 0 heterocycles. The van der Waals surface area contributed by atoms with Crippen LogP contribution in [0.3, 0.4) is 0 Å². The quantitative estimate of drug-likeness (QED) is 0.503. The molecule has 0 saturated heterocycles. The number of hydrogen-bond acceptors (Lipinski definition) is 6. The van der Waals surface area contributed by atoms with Crippen molar-refractivity contribution in [1.29, 1.82) is 0 Å². The van der Waals surface area contributed by atoms with Crippen LogP contribution >= 0.6 is 0 Å². The van der Waals surface area contributed by atoms with Gasteiger partial charge in [-0.1, -0.05) is 36.4 Å². The Balaban J connectivity index is 1.73. The molecule has 0 aromatic heterocycles. The van der Waals surface area contributed by atoms with Gasteiger partial charge in [-0.3, -0.25) is 0 Å². The first-order valence-electron chi connectivity index (χ1n) is 9.02. The zero-order valence-electron chi connectivity index (χ0n) is 16.2. The number of nitrogens with two attached hydrogens (primary N) is 1. The first kappa shape index (κ1) is 23.1. The Labute approximate surface area is 181 Å². The van der Waals surface area contributed by atoms with Crippen LogP contribution in [0, 0.1) is 0 Å². The fourth-order valence-corrected chi connectivity index (χ4v) is 5.80. The lowest BCUT2D eigenvalue weighted by Crippen LogP contribution is -2.26. The number of benzene rings is 3. The van der Waals surface area contributed by atoms with Crippen molar-refractivity contribution in [3.63, 3.8) is 0 Å². The number of nitrogens with one attached hydrogen (secondary N) is 1. The van der Waals surface area contributed by atoms with Crippen LogP contribution in [0.5, 0.6) is 0 Å². The lowest BCUT2D eigenvalue weighted by atomic mass is 10.2. The number of hydrogen-bond donors (Lipinski definition) is 2. The largest absolute Gasteiger partial charge is 0.240 e. The third-order valence-corrected chi connectivity index (χ3v) is 8.59. The predicted octanol–water partition coefficient (Wildman–Crippen LogP) is 1.69. The maximum Gasteiger partial charge on any atom is 0.240 e. The van der Waals surface area contributed by atoms with E-state index in [1.807, 2.05) is 0 Å². The molecular formula is C20H20N2O6S3. The summed E-state index contributed by atoms with van der Waals surface area (Å²) in [6.45, 7) is 0.0344. The molecule has 0 bridgehead atoms. The highest BCUT2D eigenvalue weighted by Crippen LogP contribution is 2.23. The Kier molecular flexibility index (Phi) is 6.62. The van der Waals surface area contributed by atoms with Gasteiger partial charge in [-0.2, -0.15) is 0 Å². The molecule has 0 radical (unpaired) electrons. The van der Waals surface area contributed by atoms with Crippen LogP contribution in [0.15, 0.2) is 98.4 Å². The maximum atomic E-state index is 12.7. The Hall–Kier alpha value is -2.57. The van der Waals surface area contributed by atoms with Crippen LogP contribution in [0.25, 0.3) is 0 Å². The smallest absolute Gasteiger partial charge is 0.225 e. The van der Waals surface area contributed by atoms with E-state index in [0.717, 1.165) is 6.07 Å². The van der Waals surface area contributed by atoms with Crippen molar-refractivity contribution in [3.8, 4) is 0 Å². The van der Waals surface area contributed by atoms with Gasteiger partial charge in [0.05, 0.1) is 19.6 Å². The van der Waals surface area contributed by atoms with E-state index < -0.39 is 29.9 Å². The minimum Gasteiger partial charge on any atom is -0.225 e. The molecule has 0 amide bonds. The molecule has 0 fully saturated rings. The third-order valence-electron chi connectivity index (χ3n) is 4.44. The van der Waals surface area contributed by atoms with E-state index in [1.165, 1.54) is 42.5 Å². The Morgan fingerprint density at radius 3 is 1.84 bits per heavy atom. The summed E-state index contributed by atoms with van der Waals surface area (Å²) in [5.74, 6) is 0. The third kappa shape index (κ3) is 5.57. The molecule has 0 aliphatic carbocycles. The molecule has 164 valence electrons. The van der Waals surface area contributed by atoms with Gasteiger partial charge in [-0.25, -0.2) is 35.1 Å². The Morgan fingerprint density at radius 2 is 1.23 bits per heavy atom. The second kappa shape index (κ2) is 8.89. The fourth-order valence-electron chi connectivity index (χ4n) is 2.80. The Bertz CT molecular complexity index is 1380. The average Bonchev–Trinajstić information content (AvgIpc) is 2.74. The monoisotopic (exact) mass is 480 g/mol. The lowest BCUT2D eigenvalue weighted by molar-refractivity contribution is 0.581. The minimum atomic E-state index is -3.96. The van der Waals surface area contributed by atoms with Gasteiger partial charge in [0.2, 0.25) is 29.9 Å². The van der Waals surface area contributed by atoms with Gasteiger partial charge in [0.25, 0.3) is 0 Å². The summed E-state index contributed by atoms with van der Waals surface area (Å²) in [7, 11) is -11.6. The highest BCUT2D eigenvalue weighted by atomic mass is 32.2. The highest BCUT2D eigenvalue weighted by molar-refractivity contribution is 7.91. The zero-order valence-corrected chi connectivity index (χ0v) is 18.6. The lowest BCUT2D eigenvalue weighted by Gasteiger charge is -2.10. The summed E-state index contributed by atoms with van der Waals surface area (Å²) in [5.41, 5.74) is 0.704. The van der Waals surface area contributed by atoms with Crippen molar-refractivity contribution < 1.29 is 25.3 Å². The van der Waals surface area contributed by atoms with Gasteiger partial charge in [-0.15, -0.1) is 0 Å². The van der Waals surface area contributed by atoms with Crippen molar-refractivity contribution in [3.05, 3.63) is 84.4 Å². The van der Waals surface area contributed by atoms with Crippen molar-refractivity contribution in [2.24, 2.45) is 5.14 Å². The van der Waals surface area contributed by atoms with Gasteiger partial charge >= 0.3 is 0 Å². The summed E-state index contributed by atoms with van der Waals surface area (Å²) in [4.78, 5) is -0.261. The molecule has 8 nitrogen and oxygen atoms in total. The highest BCUT2D eigenvalue weighted by Gasteiger charge is 2.21. The summed E-state index contributed by atoms with van der Waals surface area (Å²) in [6, 6.07) is 18.7.